The first-order chi connectivity index (χ1) is 16.5. The van der Waals surface area contributed by atoms with Crippen molar-refractivity contribution in [3.63, 3.8) is 0 Å². The van der Waals surface area contributed by atoms with Crippen LogP contribution in [0.5, 0.6) is 0 Å². The molecule has 4 aromatic rings. The van der Waals surface area contributed by atoms with Gasteiger partial charge < -0.3 is 9.15 Å². The average molecular weight is 475 g/mol. The SMILES string of the molecule is O=C(OCc1ncc(-c2ccccc2)o1)c1ccc(S(=O)(=O)N2CCc3ccccc3C2)cc1. The molecule has 0 fully saturated rings. The summed E-state index contributed by atoms with van der Waals surface area (Å²) in [6.45, 7) is 0.632. The predicted octanol–water partition coefficient (Wildman–Crippen LogP) is 4.45. The van der Waals surface area contributed by atoms with Crippen LogP contribution in [0.1, 0.15) is 27.4 Å². The number of carbonyl (C=O) groups excluding carboxylic acids is 1. The summed E-state index contributed by atoms with van der Waals surface area (Å²) in [7, 11) is -3.67. The Bertz CT molecular complexity index is 1410. The second kappa shape index (κ2) is 9.24. The molecule has 0 unspecified atom stereocenters. The van der Waals surface area contributed by atoms with Crippen LogP contribution in [0.2, 0.25) is 0 Å². The maximum atomic E-state index is 13.1. The summed E-state index contributed by atoms with van der Waals surface area (Å²) in [5.41, 5.74) is 3.31. The first-order valence-corrected chi connectivity index (χ1v) is 12.3. The van der Waals surface area contributed by atoms with Crippen LogP contribution in [0.25, 0.3) is 11.3 Å². The molecule has 0 bridgehead atoms. The Kier molecular flexibility index (Phi) is 6.00. The van der Waals surface area contributed by atoms with E-state index in [1.807, 2.05) is 54.6 Å². The fourth-order valence-electron chi connectivity index (χ4n) is 3.91. The highest BCUT2D eigenvalue weighted by molar-refractivity contribution is 7.89. The van der Waals surface area contributed by atoms with Crippen molar-refractivity contribution in [3.8, 4) is 11.3 Å². The number of carbonyl (C=O) groups is 1. The van der Waals surface area contributed by atoms with Gasteiger partial charge in [-0.3, -0.25) is 0 Å². The van der Waals surface area contributed by atoms with E-state index in [-0.39, 0.29) is 23.0 Å². The molecule has 0 saturated heterocycles. The Balaban J connectivity index is 1.23. The van der Waals surface area contributed by atoms with Gasteiger partial charge >= 0.3 is 5.97 Å². The summed E-state index contributed by atoms with van der Waals surface area (Å²) in [5.74, 6) is 0.272. The molecule has 8 heteroatoms. The van der Waals surface area contributed by atoms with E-state index in [0.29, 0.717) is 25.3 Å². The maximum absolute atomic E-state index is 13.1. The van der Waals surface area contributed by atoms with E-state index < -0.39 is 16.0 Å². The zero-order valence-electron chi connectivity index (χ0n) is 18.3. The minimum atomic E-state index is -3.67. The van der Waals surface area contributed by atoms with E-state index in [2.05, 4.69) is 4.98 Å². The summed E-state index contributed by atoms with van der Waals surface area (Å²) in [6, 6.07) is 23.1. The number of aromatic nitrogens is 1. The zero-order chi connectivity index (χ0) is 23.5. The first-order valence-electron chi connectivity index (χ1n) is 10.8. The Labute approximate surface area is 197 Å². The second-order valence-electron chi connectivity index (χ2n) is 7.94. The lowest BCUT2D eigenvalue weighted by molar-refractivity contribution is 0.0439. The Hall–Kier alpha value is -3.75. The molecule has 2 heterocycles. The molecule has 5 rings (SSSR count). The van der Waals surface area contributed by atoms with Gasteiger partial charge in [-0.05, 0) is 41.8 Å². The van der Waals surface area contributed by atoms with Gasteiger partial charge in [0.15, 0.2) is 12.4 Å². The van der Waals surface area contributed by atoms with Gasteiger partial charge in [0.25, 0.3) is 0 Å². The zero-order valence-corrected chi connectivity index (χ0v) is 19.1. The summed E-state index contributed by atoms with van der Waals surface area (Å²) in [6.07, 6.45) is 2.25. The summed E-state index contributed by atoms with van der Waals surface area (Å²) in [4.78, 5) is 16.7. The normalized spacial score (nSPS) is 13.9. The third-order valence-electron chi connectivity index (χ3n) is 5.76. The van der Waals surface area contributed by atoms with Crippen molar-refractivity contribution in [3.05, 3.63) is 108 Å². The average Bonchev–Trinajstić information content (AvgIpc) is 3.37. The first kappa shape index (κ1) is 22.1. The highest BCUT2D eigenvalue weighted by Crippen LogP contribution is 2.25. The van der Waals surface area contributed by atoms with E-state index in [1.54, 1.807) is 6.20 Å². The van der Waals surface area contributed by atoms with Crippen LogP contribution in [-0.2, 0) is 34.3 Å². The standard InChI is InChI=1S/C26H22N2O5S/c29-26(32-18-25-27-16-24(33-25)20-7-2-1-3-8-20)21-10-12-23(13-11-21)34(30,31)28-15-14-19-6-4-5-9-22(19)17-28/h1-13,16H,14-15,17-18H2. The van der Waals surface area contributed by atoms with E-state index in [9.17, 15) is 13.2 Å². The molecular weight excluding hydrogens is 452 g/mol. The van der Waals surface area contributed by atoms with Crippen LogP contribution in [0.3, 0.4) is 0 Å². The molecule has 0 saturated carbocycles. The minimum absolute atomic E-state index is 0.126. The van der Waals surface area contributed by atoms with E-state index in [1.165, 1.54) is 34.1 Å². The van der Waals surface area contributed by atoms with Gasteiger partial charge in [0.05, 0.1) is 16.7 Å². The number of esters is 1. The molecule has 34 heavy (non-hydrogen) atoms. The third kappa shape index (κ3) is 4.50. The molecule has 0 amide bonds. The van der Waals surface area contributed by atoms with Gasteiger partial charge in [0.1, 0.15) is 0 Å². The summed E-state index contributed by atoms with van der Waals surface area (Å²) < 4.78 is 38.6. The molecule has 1 aliphatic heterocycles. The number of benzene rings is 3. The predicted molar refractivity (Wildman–Crippen MR) is 125 cm³/mol. The summed E-state index contributed by atoms with van der Waals surface area (Å²) in [5, 5.41) is 0. The van der Waals surface area contributed by atoms with Crippen molar-refractivity contribution in [1.82, 2.24) is 9.29 Å². The van der Waals surface area contributed by atoms with Crippen LogP contribution in [0, 0.1) is 0 Å². The van der Waals surface area contributed by atoms with Crippen molar-refractivity contribution < 1.29 is 22.4 Å². The molecule has 0 radical (unpaired) electrons. The molecular formula is C26H22N2O5S. The highest BCUT2D eigenvalue weighted by Gasteiger charge is 2.28. The van der Waals surface area contributed by atoms with Crippen LogP contribution >= 0.6 is 0 Å². The minimum Gasteiger partial charge on any atom is -0.452 e. The lowest BCUT2D eigenvalue weighted by atomic mass is 10.0. The van der Waals surface area contributed by atoms with Crippen molar-refractivity contribution in [2.45, 2.75) is 24.5 Å². The van der Waals surface area contributed by atoms with Crippen LogP contribution < -0.4 is 0 Å². The van der Waals surface area contributed by atoms with Crippen molar-refractivity contribution in [2.75, 3.05) is 6.54 Å². The number of sulfonamides is 1. The van der Waals surface area contributed by atoms with Crippen LogP contribution in [-0.4, -0.2) is 30.2 Å². The molecule has 1 aromatic heterocycles. The van der Waals surface area contributed by atoms with E-state index in [0.717, 1.165) is 11.1 Å². The molecule has 1 aliphatic rings. The summed E-state index contributed by atoms with van der Waals surface area (Å²) >= 11 is 0. The number of rotatable bonds is 6. The third-order valence-corrected chi connectivity index (χ3v) is 7.62. The maximum Gasteiger partial charge on any atom is 0.338 e. The number of hydrogen-bond acceptors (Lipinski definition) is 6. The van der Waals surface area contributed by atoms with E-state index in [4.69, 9.17) is 9.15 Å². The van der Waals surface area contributed by atoms with Gasteiger partial charge in [-0.1, -0.05) is 54.6 Å². The largest absolute Gasteiger partial charge is 0.452 e. The van der Waals surface area contributed by atoms with Crippen LogP contribution in [0.15, 0.2) is 94.4 Å². The number of nitrogens with zero attached hydrogens (tertiary/aromatic N) is 2. The Morgan fingerprint density at radius 1 is 0.941 bits per heavy atom. The topological polar surface area (TPSA) is 89.7 Å². The lowest BCUT2D eigenvalue weighted by Crippen LogP contribution is -2.35. The van der Waals surface area contributed by atoms with E-state index >= 15 is 0 Å². The molecule has 7 nitrogen and oxygen atoms in total. The van der Waals surface area contributed by atoms with Gasteiger partial charge in [-0.15, -0.1) is 0 Å². The second-order valence-corrected chi connectivity index (χ2v) is 9.88. The molecule has 0 atom stereocenters. The Morgan fingerprint density at radius 2 is 1.65 bits per heavy atom. The Morgan fingerprint density at radius 3 is 2.41 bits per heavy atom. The van der Waals surface area contributed by atoms with Crippen LogP contribution in [0.4, 0.5) is 0 Å². The number of fused-ring (bicyclic) bond motifs is 1. The number of hydrogen-bond donors (Lipinski definition) is 0. The fraction of sp³-hybridized carbons (Fsp3) is 0.154. The molecule has 0 spiro atoms. The molecule has 172 valence electrons. The monoisotopic (exact) mass is 474 g/mol. The van der Waals surface area contributed by atoms with Crippen molar-refractivity contribution in [1.29, 1.82) is 0 Å². The fourth-order valence-corrected chi connectivity index (χ4v) is 5.33. The smallest absolute Gasteiger partial charge is 0.338 e. The van der Waals surface area contributed by atoms with Crippen molar-refractivity contribution >= 4 is 16.0 Å². The quantitative estimate of drug-likeness (QED) is 0.384. The molecule has 0 N–H and O–H groups in total. The van der Waals surface area contributed by atoms with Gasteiger partial charge in [-0.25, -0.2) is 18.2 Å². The van der Waals surface area contributed by atoms with Gasteiger partial charge in [0.2, 0.25) is 15.9 Å². The van der Waals surface area contributed by atoms with Gasteiger partial charge in [-0.2, -0.15) is 4.31 Å². The highest BCUT2D eigenvalue weighted by atomic mass is 32.2. The number of oxazole rings is 1. The lowest BCUT2D eigenvalue weighted by Gasteiger charge is -2.28. The van der Waals surface area contributed by atoms with Gasteiger partial charge in [0, 0.05) is 18.7 Å². The molecule has 0 aliphatic carbocycles. The molecule has 3 aromatic carbocycles. The number of ether oxygens (including phenoxy) is 1. The van der Waals surface area contributed by atoms with Crippen molar-refractivity contribution in [2.24, 2.45) is 0 Å².